The van der Waals surface area contributed by atoms with Gasteiger partial charge in [-0.25, -0.2) is 0 Å². The Morgan fingerprint density at radius 2 is 1.87 bits per heavy atom. The van der Waals surface area contributed by atoms with Gasteiger partial charge in [-0.15, -0.1) is 0 Å². The van der Waals surface area contributed by atoms with Crippen LogP contribution in [-0.4, -0.2) is 27.1 Å². The molecule has 82 valence electrons. The zero-order chi connectivity index (χ0) is 11.3. The zero-order valence-electron chi connectivity index (χ0n) is 9.07. The largest absolute Gasteiger partial charge is 0.492 e. The van der Waals surface area contributed by atoms with Crippen LogP contribution in [0.5, 0.6) is 17.2 Å². The molecule has 15 heavy (non-hydrogen) atoms. The van der Waals surface area contributed by atoms with E-state index in [2.05, 4.69) is 0 Å². The van der Waals surface area contributed by atoms with Gasteiger partial charge in [-0.3, -0.25) is 4.79 Å². The molecule has 1 aromatic carbocycles. The third kappa shape index (κ3) is 2.21. The molecule has 0 aliphatic heterocycles. The second-order valence-corrected chi connectivity index (χ2v) is 2.77. The van der Waals surface area contributed by atoms with Crippen LogP contribution in [-0.2, 0) is 0 Å². The van der Waals surface area contributed by atoms with Crippen LogP contribution in [0.15, 0.2) is 12.1 Å². The number of benzene rings is 1. The summed E-state index contributed by atoms with van der Waals surface area (Å²) in [4.78, 5) is 10.7. The highest BCUT2D eigenvalue weighted by Crippen LogP contribution is 2.39. The Morgan fingerprint density at radius 3 is 2.33 bits per heavy atom. The van der Waals surface area contributed by atoms with Crippen LogP contribution in [0.2, 0.25) is 0 Å². The van der Waals surface area contributed by atoms with Gasteiger partial charge in [0.25, 0.3) is 0 Å². The summed E-state index contributed by atoms with van der Waals surface area (Å²) < 4.78 is 15.6. The minimum absolute atomic E-state index is 0.401. The third-order valence-corrected chi connectivity index (χ3v) is 1.94. The van der Waals surface area contributed by atoms with E-state index in [4.69, 9.17) is 14.2 Å². The van der Waals surface area contributed by atoms with Crippen LogP contribution >= 0.6 is 0 Å². The summed E-state index contributed by atoms with van der Waals surface area (Å²) >= 11 is 0. The molecule has 0 unspecified atom stereocenters. The molecule has 0 spiro atoms. The van der Waals surface area contributed by atoms with E-state index in [1.54, 1.807) is 12.1 Å². The fourth-order valence-corrected chi connectivity index (χ4v) is 1.33. The Morgan fingerprint density at radius 1 is 1.20 bits per heavy atom. The van der Waals surface area contributed by atoms with Crippen LogP contribution in [0.3, 0.4) is 0 Å². The van der Waals surface area contributed by atoms with Crippen molar-refractivity contribution in [1.29, 1.82) is 0 Å². The highest BCUT2D eigenvalue weighted by atomic mass is 16.5. The van der Waals surface area contributed by atoms with Crippen molar-refractivity contribution in [2.75, 3.05) is 20.8 Å². The highest BCUT2D eigenvalue weighted by molar-refractivity contribution is 5.82. The van der Waals surface area contributed by atoms with E-state index in [9.17, 15) is 4.79 Å². The summed E-state index contributed by atoms with van der Waals surface area (Å²) in [6, 6.07) is 3.33. The molecule has 0 saturated carbocycles. The van der Waals surface area contributed by atoms with Crippen molar-refractivity contribution >= 4 is 6.29 Å². The van der Waals surface area contributed by atoms with Crippen molar-refractivity contribution in [2.24, 2.45) is 0 Å². The number of hydrogen-bond donors (Lipinski definition) is 0. The molecular weight excluding hydrogens is 196 g/mol. The van der Waals surface area contributed by atoms with Crippen molar-refractivity contribution in [1.82, 2.24) is 0 Å². The molecule has 0 bridgehead atoms. The maximum Gasteiger partial charge on any atom is 0.204 e. The van der Waals surface area contributed by atoms with E-state index in [0.29, 0.717) is 29.4 Å². The Bertz CT molecular complexity index is 347. The fraction of sp³-hybridized carbons (Fsp3) is 0.364. The minimum Gasteiger partial charge on any atom is -0.492 e. The molecule has 0 aliphatic rings. The first-order valence-corrected chi connectivity index (χ1v) is 4.61. The smallest absolute Gasteiger partial charge is 0.204 e. The van der Waals surface area contributed by atoms with Crippen molar-refractivity contribution in [3.8, 4) is 17.2 Å². The molecule has 0 aromatic heterocycles. The number of carbonyl (C=O) groups is 1. The summed E-state index contributed by atoms with van der Waals surface area (Å²) in [5.41, 5.74) is 0.442. The molecule has 0 N–H and O–H groups in total. The van der Waals surface area contributed by atoms with E-state index in [-0.39, 0.29) is 0 Å². The zero-order valence-corrected chi connectivity index (χ0v) is 9.07. The average molecular weight is 210 g/mol. The number of ether oxygens (including phenoxy) is 3. The van der Waals surface area contributed by atoms with Gasteiger partial charge in [0, 0.05) is 0 Å². The lowest BCUT2D eigenvalue weighted by Gasteiger charge is -2.13. The van der Waals surface area contributed by atoms with Gasteiger partial charge in [0.2, 0.25) is 5.75 Å². The van der Waals surface area contributed by atoms with Crippen LogP contribution in [0.1, 0.15) is 17.3 Å². The van der Waals surface area contributed by atoms with Crippen molar-refractivity contribution in [2.45, 2.75) is 6.92 Å². The predicted octanol–water partition coefficient (Wildman–Crippen LogP) is 1.91. The number of hydrogen-bond acceptors (Lipinski definition) is 4. The fourth-order valence-electron chi connectivity index (χ4n) is 1.33. The van der Waals surface area contributed by atoms with Crippen LogP contribution in [0.4, 0.5) is 0 Å². The standard InChI is InChI=1S/C11H14O4/c1-4-15-9-6-5-8(7-12)10(13-2)11(9)14-3/h5-7H,4H2,1-3H3. The summed E-state index contributed by atoms with van der Waals surface area (Å²) in [6.45, 7) is 2.40. The van der Waals surface area contributed by atoms with E-state index in [1.807, 2.05) is 6.92 Å². The van der Waals surface area contributed by atoms with E-state index in [1.165, 1.54) is 14.2 Å². The molecule has 1 rings (SSSR count). The highest BCUT2D eigenvalue weighted by Gasteiger charge is 2.15. The summed E-state index contributed by atoms with van der Waals surface area (Å²) in [5, 5.41) is 0. The van der Waals surface area contributed by atoms with Gasteiger partial charge in [0.1, 0.15) is 0 Å². The quantitative estimate of drug-likeness (QED) is 0.696. The Hall–Kier alpha value is -1.71. The second kappa shape index (κ2) is 5.24. The van der Waals surface area contributed by atoms with E-state index >= 15 is 0 Å². The molecule has 1 aromatic rings. The maximum absolute atomic E-state index is 10.7. The first kappa shape index (κ1) is 11.4. The summed E-state index contributed by atoms with van der Waals surface area (Å²) in [6.07, 6.45) is 0.719. The maximum atomic E-state index is 10.7. The lowest BCUT2D eigenvalue weighted by atomic mass is 10.2. The van der Waals surface area contributed by atoms with Gasteiger partial charge in [-0.2, -0.15) is 0 Å². The van der Waals surface area contributed by atoms with Gasteiger partial charge < -0.3 is 14.2 Å². The van der Waals surface area contributed by atoms with Crippen molar-refractivity contribution in [3.63, 3.8) is 0 Å². The van der Waals surface area contributed by atoms with Crippen LogP contribution < -0.4 is 14.2 Å². The predicted molar refractivity (Wildman–Crippen MR) is 56.1 cm³/mol. The number of methoxy groups -OCH3 is 2. The minimum atomic E-state index is 0.401. The molecule has 4 nitrogen and oxygen atoms in total. The average Bonchev–Trinajstić information content (AvgIpc) is 2.28. The van der Waals surface area contributed by atoms with Crippen molar-refractivity contribution < 1.29 is 19.0 Å². The van der Waals surface area contributed by atoms with Gasteiger partial charge >= 0.3 is 0 Å². The molecule has 0 fully saturated rings. The van der Waals surface area contributed by atoms with Gasteiger partial charge in [0.15, 0.2) is 17.8 Å². The number of carbonyl (C=O) groups excluding carboxylic acids is 1. The second-order valence-electron chi connectivity index (χ2n) is 2.77. The SMILES string of the molecule is CCOc1ccc(C=O)c(OC)c1OC. The topological polar surface area (TPSA) is 44.8 Å². The molecule has 0 saturated heterocycles. The third-order valence-electron chi connectivity index (χ3n) is 1.94. The first-order chi connectivity index (χ1) is 7.28. The molecule has 0 aliphatic carbocycles. The van der Waals surface area contributed by atoms with Crippen LogP contribution in [0.25, 0.3) is 0 Å². The first-order valence-electron chi connectivity index (χ1n) is 4.61. The number of aldehydes is 1. The molecule has 4 heteroatoms. The van der Waals surface area contributed by atoms with E-state index < -0.39 is 0 Å². The Balaban J connectivity index is 3.27. The van der Waals surface area contributed by atoms with Crippen molar-refractivity contribution in [3.05, 3.63) is 17.7 Å². The molecule has 0 heterocycles. The Labute approximate surface area is 88.8 Å². The Kier molecular flexibility index (Phi) is 3.97. The van der Waals surface area contributed by atoms with E-state index in [0.717, 1.165) is 6.29 Å². The molecule has 0 radical (unpaired) electrons. The number of rotatable bonds is 5. The summed E-state index contributed by atoms with van der Waals surface area (Å²) in [7, 11) is 3.00. The lowest BCUT2D eigenvalue weighted by molar-refractivity contribution is 0.112. The van der Waals surface area contributed by atoms with Gasteiger partial charge in [0.05, 0.1) is 26.4 Å². The van der Waals surface area contributed by atoms with Gasteiger partial charge in [-0.1, -0.05) is 0 Å². The van der Waals surface area contributed by atoms with Crippen LogP contribution in [0, 0.1) is 0 Å². The molecular formula is C11H14O4. The molecule has 0 amide bonds. The monoisotopic (exact) mass is 210 g/mol. The van der Waals surface area contributed by atoms with Gasteiger partial charge in [-0.05, 0) is 19.1 Å². The molecule has 0 atom stereocenters. The lowest BCUT2D eigenvalue weighted by Crippen LogP contribution is -2.00. The normalized spacial score (nSPS) is 9.53. The summed E-state index contributed by atoms with van der Waals surface area (Å²) in [5.74, 6) is 1.42.